The van der Waals surface area contributed by atoms with Gasteiger partial charge in [0, 0.05) is 20.9 Å². The smallest absolute Gasteiger partial charge is 0.123 e. The molecule has 0 radical (unpaired) electrons. The van der Waals surface area contributed by atoms with Gasteiger partial charge in [-0.15, -0.1) is 0 Å². The average Bonchev–Trinajstić information content (AvgIpc) is 2.40. The van der Waals surface area contributed by atoms with E-state index in [-0.39, 0.29) is 0 Å². The summed E-state index contributed by atoms with van der Waals surface area (Å²) in [7, 11) is -0.988. The molecule has 1 aromatic rings. The van der Waals surface area contributed by atoms with Gasteiger partial charge in [0.25, 0.3) is 0 Å². The largest absolute Gasteiger partial charge is 0.361 e. The minimum absolute atomic E-state index is 0.563. The molecule has 2 nitrogen and oxygen atoms in total. The average molecular weight is 437 g/mol. The molecule has 0 N–H and O–H groups in total. The Kier molecular flexibility index (Phi) is 5.84. The standard InChI is InChI=1S/C10H16BrClINOSi/c1-16(2,3)5-4-15-7-14-6-8(13)9(12)10(14)11/h6H,4-5,7H2,1-3H3. The molecule has 0 aliphatic heterocycles. The zero-order valence-electron chi connectivity index (χ0n) is 9.69. The maximum atomic E-state index is 6.06. The molecule has 6 heteroatoms. The van der Waals surface area contributed by atoms with Gasteiger partial charge in [0.15, 0.2) is 0 Å². The van der Waals surface area contributed by atoms with Gasteiger partial charge in [0.2, 0.25) is 0 Å². The van der Waals surface area contributed by atoms with Crippen molar-refractivity contribution in [1.82, 2.24) is 4.57 Å². The highest BCUT2D eigenvalue weighted by atomic mass is 127. The van der Waals surface area contributed by atoms with Crippen LogP contribution in [0.2, 0.25) is 30.7 Å². The van der Waals surface area contributed by atoms with E-state index in [1.807, 2.05) is 10.8 Å². The van der Waals surface area contributed by atoms with E-state index in [4.69, 9.17) is 16.3 Å². The summed E-state index contributed by atoms with van der Waals surface area (Å²) in [6.45, 7) is 8.44. The van der Waals surface area contributed by atoms with Crippen molar-refractivity contribution in [2.75, 3.05) is 6.61 Å². The van der Waals surface area contributed by atoms with E-state index in [1.165, 1.54) is 6.04 Å². The lowest BCUT2D eigenvalue weighted by molar-refractivity contribution is 0.0860. The van der Waals surface area contributed by atoms with Crippen molar-refractivity contribution < 1.29 is 4.74 Å². The quantitative estimate of drug-likeness (QED) is 0.367. The Hall–Kier alpha value is 0.957. The minimum Gasteiger partial charge on any atom is -0.361 e. The lowest BCUT2D eigenvalue weighted by Gasteiger charge is -2.15. The second-order valence-electron chi connectivity index (χ2n) is 4.90. The Labute approximate surface area is 125 Å². The summed E-state index contributed by atoms with van der Waals surface area (Å²) < 4.78 is 9.57. The van der Waals surface area contributed by atoms with E-state index >= 15 is 0 Å². The van der Waals surface area contributed by atoms with Crippen molar-refractivity contribution in [1.29, 1.82) is 0 Å². The summed E-state index contributed by atoms with van der Waals surface area (Å²) >= 11 is 11.7. The monoisotopic (exact) mass is 435 g/mol. The summed E-state index contributed by atoms with van der Waals surface area (Å²) in [5, 5.41) is 0.759. The first kappa shape index (κ1) is 15.0. The molecule has 1 heterocycles. The van der Waals surface area contributed by atoms with Gasteiger partial charge in [-0.2, -0.15) is 0 Å². The summed E-state index contributed by atoms with van der Waals surface area (Å²) in [6, 6.07) is 1.19. The molecule has 0 atom stereocenters. The lowest BCUT2D eigenvalue weighted by Crippen LogP contribution is -2.22. The zero-order chi connectivity index (χ0) is 12.3. The Balaban J connectivity index is 2.41. The van der Waals surface area contributed by atoms with E-state index in [2.05, 4.69) is 58.2 Å². The molecule has 0 aromatic carbocycles. The number of halogens is 3. The SMILES string of the molecule is C[Si](C)(C)CCOCn1cc(I)c(Cl)c1Br. The first-order chi connectivity index (χ1) is 7.31. The molecular formula is C10H16BrClINOSi. The summed E-state index contributed by atoms with van der Waals surface area (Å²) in [4.78, 5) is 0. The fourth-order valence-corrected chi connectivity index (χ4v) is 3.40. The van der Waals surface area contributed by atoms with Crippen molar-refractivity contribution in [3.63, 3.8) is 0 Å². The van der Waals surface area contributed by atoms with Gasteiger partial charge in [0.05, 0.1) is 8.59 Å². The molecule has 0 saturated heterocycles. The summed E-state index contributed by atoms with van der Waals surface area (Å²) in [5.74, 6) is 0. The van der Waals surface area contributed by atoms with Crippen LogP contribution >= 0.6 is 50.1 Å². The van der Waals surface area contributed by atoms with Crippen LogP contribution in [0, 0.1) is 3.57 Å². The first-order valence-corrected chi connectivity index (χ1v) is 11.0. The van der Waals surface area contributed by atoms with Crippen LogP contribution in [0.25, 0.3) is 0 Å². The maximum absolute atomic E-state index is 6.06. The molecule has 0 aliphatic carbocycles. The highest BCUT2D eigenvalue weighted by Gasteiger charge is 2.13. The minimum atomic E-state index is -0.988. The van der Waals surface area contributed by atoms with E-state index in [0.29, 0.717) is 6.73 Å². The molecule has 92 valence electrons. The van der Waals surface area contributed by atoms with Gasteiger partial charge >= 0.3 is 0 Å². The lowest BCUT2D eigenvalue weighted by atomic mass is 10.7. The third kappa shape index (κ3) is 4.68. The van der Waals surface area contributed by atoms with E-state index in [0.717, 1.165) is 19.8 Å². The zero-order valence-corrected chi connectivity index (χ0v) is 15.2. The molecule has 1 rings (SSSR count). The highest BCUT2D eigenvalue weighted by Crippen LogP contribution is 2.29. The molecule has 0 fully saturated rings. The summed E-state index contributed by atoms with van der Waals surface area (Å²) in [5.41, 5.74) is 0. The molecular weight excluding hydrogens is 420 g/mol. The van der Waals surface area contributed by atoms with Crippen LogP contribution in [0.4, 0.5) is 0 Å². The molecule has 0 amide bonds. The molecule has 0 bridgehead atoms. The predicted octanol–water partition coefficient (Wildman–Crippen LogP) is 4.82. The van der Waals surface area contributed by atoms with E-state index in [1.54, 1.807) is 0 Å². The maximum Gasteiger partial charge on any atom is 0.123 e. The molecule has 0 saturated carbocycles. The summed E-state index contributed by atoms with van der Waals surface area (Å²) in [6.07, 6.45) is 1.99. The number of rotatable bonds is 5. The van der Waals surface area contributed by atoms with Gasteiger partial charge in [-0.3, -0.25) is 0 Å². The molecule has 16 heavy (non-hydrogen) atoms. The van der Waals surface area contributed by atoms with Crippen LogP contribution < -0.4 is 0 Å². The van der Waals surface area contributed by atoms with Crippen molar-refractivity contribution in [3.05, 3.63) is 19.4 Å². The number of aromatic nitrogens is 1. The van der Waals surface area contributed by atoms with Crippen LogP contribution in [-0.2, 0) is 11.5 Å². The van der Waals surface area contributed by atoms with E-state index in [9.17, 15) is 0 Å². The van der Waals surface area contributed by atoms with Crippen molar-refractivity contribution in [2.24, 2.45) is 0 Å². The Morgan fingerprint density at radius 3 is 2.56 bits per heavy atom. The van der Waals surface area contributed by atoms with Crippen LogP contribution in [-0.4, -0.2) is 19.2 Å². The second-order valence-corrected chi connectivity index (χ2v) is 12.8. The fourth-order valence-electron chi connectivity index (χ4n) is 1.11. The predicted molar refractivity (Wildman–Crippen MR) is 84.0 cm³/mol. The van der Waals surface area contributed by atoms with Crippen LogP contribution in [0.1, 0.15) is 0 Å². The number of nitrogens with zero attached hydrogens (tertiary/aromatic N) is 1. The third-order valence-electron chi connectivity index (χ3n) is 2.14. The van der Waals surface area contributed by atoms with Crippen LogP contribution in [0.3, 0.4) is 0 Å². The van der Waals surface area contributed by atoms with Crippen LogP contribution in [0.5, 0.6) is 0 Å². The Morgan fingerprint density at radius 1 is 1.50 bits per heavy atom. The second kappa shape index (κ2) is 6.22. The Morgan fingerprint density at radius 2 is 2.12 bits per heavy atom. The molecule has 1 aromatic heterocycles. The highest BCUT2D eigenvalue weighted by molar-refractivity contribution is 14.1. The van der Waals surface area contributed by atoms with Gasteiger partial charge in [-0.05, 0) is 44.6 Å². The number of hydrogen-bond acceptors (Lipinski definition) is 1. The normalized spacial score (nSPS) is 12.1. The van der Waals surface area contributed by atoms with Crippen molar-refractivity contribution in [3.8, 4) is 0 Å². The van der Waals surface area contributed by atoms with Gasteiger partial charge in [0.1, 0.15) is 11.3 Å². The van der Waals surface area contributed by atoms with Crippen molar-refractivity contribution >= 4 is 58.2 Å². The van der Waals surface area contributed by atoms with Gasteiger partial charge < -0.3 is 9.30 Å². The van der Waals surface area contributed by atoms with Crippen molar-refractivity contribution in [2.45, 2.75) is 32.4 Å². The first-order valence-electron chi connectivity index (χ1n) is 5.08. The van der Waals surface area contributed by atoms with Crippen LogP contribution in [0.15, 0.2) is 10.8 Å². The molecule has 0 spiro atoms. The topological polar surface area (TPSA) is 14.2 Å². The molecule has 0 unspecified atom stereocenters. The molecule has 0 aliphatic rings. The van der Waals surface area contributed by atoms with Gasteiger partial charge in [-0.25, -0.2) is 0 Å². The number of ether oxygens (including phenoxy) is 1. The van der Waals surface area contributed by atoms with Gasteiger partial charge in [-0.1, -0.05) is 31.2 Å². The van der Waals surface area contributed by atoms with E-state index < -0.39 is 8.07 Å². The third-order valence-corrected chi connectivity index (χ3v) is 6.44. The Bertz CT molecular complexity index is 364. The number of hydrogen-bond donors (Lipinski definition) is 0. The fraction of sp³-hybridized carbons (Fsp3) is 0.600.